The molecule has 0 bridgehead atoms. The minimum absolute atomic E-state index is 0.130. The minimum atomic E-state index is -3.54. The van der Waals surface area contributed by atoms with Crippen LogP contribution < -0.4 is 14.2 Å². The molecule has 0 saturated heterocycles. The number of nitrogens with zero attached hydrogens (tertiary/aromatic N) is 1. The predicted molar refractivity (Wildman–Crippen MR) is 80.1 cm³/mol. The molecule has 0 amide bonds. The van der Waals surface area contributed by atoms with E-state index in [2.05, 4.69) is 23.5 Å². The van der Waals surface area contributed by atoms with Gasteiger partial charge in [0.05, 0.1) is 4.90 Å². The minimum Gasteiger partial charge on any atom is -0.454 e. The summed E-state index contributed by atoms with van der Waals surface area (Å²) in [6.07, 6.45) is 0. The van der Waals surface area contributed by atoms with E-state index in [-0.39, 0.29) is 17.7 Å². The summed E-state index contributed by atoms with van der Waals surface area (Å²) in [7, 11) is -3.54. The van der Waals surface area contributed by atoms with E-state index in [1.807, 2.05) is 6.92 Å². The predicted octanol–water partition coefficient (Wildman–Crippen LogP) is 1.42. The Kier molecular flexibility index (Phi) is 5.08. The standard InChI is InChI=1S/C14H22N2O4S/c1-4-16(5-2)11(3)9-15-21(17,18)12-6-7-13-14(8-12)20-10-19-13/h6-8,11,15H,4-5,9-10H2,1-3H3. The van der Waals surface area contributed by atoms with Crippen LogP contribution in [-0.2, 0) is 10.0 Å². The molecule has 0 aromatic heterocycles. The van der Waals surface area contributed by atoms with Crippen LogP contribution >= 0.6 is 0 Å². The lowest BCUT2D eigenvalue weighted by atomic mass is 10.3. The maximum atomic E-state index is 12.3. The van der Waals surface area contributed by atoms with Gasteiger partial charge in [-0.2, -0.15) is 0 Å². The number of likely N-dealkylation sites (N-methyl/N-ethyl adjacent to an activating group) is 1. The monoisotopic (exact) mass is 314 g/mol. The lowest BCUT2D eigenvalue weighted by Crippen LogP contribution is -2.41. The summed E-state index contributed by atoms with van der Waals surface area (Å²) in [6, 6.07) is 4.78. The molecule has 1 aromatic carbocycles. The van der Waals surface area contributed by atoms with Gasteiger partial charge in [0.25, 0.3) is 0 Å². The Morgan fingerprint density at radius 1 is 1.24 bits per heavy atom. The summed E-state index contributed by atoms with van der Waals surface area (Å²) >= 11 is 0. The van der Waals surface area contributed by atoms with E-state index in [0.29, 0.717) is 18.0 Å². The third-order valence-corrected chi connectivity index (χ3v) is 5.08. The van der Waals surface area contributed by atoms with E-state index in [0.717, 1.165) is 13.1 Å². The van der Waals surface area contributed by atoms with Crippen LogP contribution in [0.15, 0.2) is 23.1 Å². The van der Waals surface area contributed by atoms with Gasteiger partial charge in [0, 0.05) is 18.7 Å². The Morgan fingerprint density at radius 2 is 1.90 bits per heavy atom. The number of hydrogen-bond donors (Lipinski definition) is 1. The molecule has 0 saturated carbocycles. The van der Waals surface area contributed by atoms with Crippen molar-refractivity contribution in [3.05, 3.63) is 18.2 Å². The molecule has 0 spiro atoms. The molecule has 0 aliphatic carbocycles. The molecule has 6 nitrogen and oxygen atoms in total. The van der Waals surface area contributed by atoms with Crippen molar-refractivity contribution in [1.29, 1.82) is 0 Å². The summed E-state index contributed by atoms with van der Waals surface area (Å²) in [6.45, 7) is 8.42. The summed E-state index contributed by atoms with van der Waals surface area (Å²) in [5, 5.41) is 0. The highest BCUT2D eigenvalue weighted by Gasteiger charge is 2.21. The van der Waals surface area contributed by atoms with Gasteiger partial charge in [-0.05, 0) is 32.1 Å². The third kappa shape index (κ3) is 3.66. The maximum Gasteiger partial charge on any atom is 0.240 e. The fraction of sp³-hybridized carbons (Fsp3) is 0.571. The lowest BCUT2D eigenvalue weighted by molar-refractivity contribution is 0.174. The van der Waals surface area contributed by atoms with Gasteiger partial charge in [-0.3, -0.25) is 4.90 Å². The van der Waals surface area contributed by atoms with Crippen LogP contribution in [0, 0.1) is 0 Å². The van der Waals surface area contributed by atoms with Gasteiger partial charge < -0.3 is 9.47 Å². The molecule has 1 N–H and O–H groups in total. The van der Waals surface area contributed by atoms with Gasteiger partial charge >= 0.3 is 0 Å². The second-order valence-corrected chi connectivity index (χ2v) is 6.70. The number of nitrogens with one attached hydrogen (secondary N) is 1. The molecule has 0 fully saturated rings. The van der Waals surface area contributed by atoms with Crippen LogP contribution in [0.5, 0.6) is 11.5 Å². The first-order chi connectivity index (χ1) is 9.97. The van der Waals surface area contributed by atoms with Crippen molar-refractivity contribution in [2.45, 2.75) is 31.7 Å². The molecule has 21 heavy (non-hydrogen) atoms. The first-order valence-corrected chi connectivity index (χ1v) is 8.59. The van der Waals surface area contributed by atoms with Crippen LogP contribution in [0.4, 0.5) is 0 Å². The number of benzene rings is 1. The highest BCUT2D eigenvalue weighted by molar-refractivity contribution is 7.89. The van der Waals surface area contributed by atoms with E-state index >= 15 is 0 Å². The molecule has 1 unspecified atom stereocenters. The van der Waals surface area contributed by atoms with Gasteiger partial charge in [0.1, 0.15) is 0 Å². The zero-order valence-electron chi connectivity index (χ0n) is 12.6. The van der Waals surface area contributed by atoms with E-state index in [4.69, 9.17) is 9.47 Å². The average molecular weight is 314 g/mol. The van der Waals surface area contributed by atoms with Crippen LogP contribution in [0.1, 0.15) is 20.8 Å². The highest BCUT2D eigenvalue weighted by atomic mass is 32.2. The molecule has 1 atom stereocenters. The third-order valence-electron chi connectivity index (χ3n) is 3.66. The maximum absolute atomic E-state index is 12.3. The number of fused-ring (bicyclic) bond motifs is 1. The van der Waals surface area contributed by atoms with E-state index in [9.17, 15) is 8.42 Å². The van der Waals surface area contributed by atoms with E-state index in [1.165, 1.54) is 12.1 Å². The van der Waals surface area contributed by atoms with E-state index in [1.54, 1.807) is 6.07 Å². The zero-order chi connectivity index (χ0) is 15.5. The molecular weight excluding hydrogens is 292 g/mol. The zero-order valence-corrected chi connectivity index (χ0v) is 13.4. The number of rotatable bonds is 7. The van der Waals surface area contributed by atoms with Crippen LogP contribution in [0.2, 0.25) is 0 Å². The van der Waals surface area contributed by atoms with Gasteiger partial charge in [-0.25, -0.2) is 13.1 Å². The van der Waals surface area contributed by atoms with Crippen molar-refractivity contribution in [1.82, 2.24) is 9.62 Å². The first-order valence-electron chi connectivity index (χ1n) is 7.11. The Balaban J connectivity index is 2.05. The fourth-order valence-electron chi connectivity index (χ4n) is 2.33. The summed E-state index contributed by atoms with van der Waals surface area (Å²) in [4.78, 5) is 2.39. The summed E-state index contributed by atoms with van der Waals surface area (Å²) < 4.78 is 37.7. The first kappa shape index (κ1) is 16.1. The average Bonchev–Trinajstić information content (AvgIpc) is 2.94. The van der Waals surface area contributed by atoms with Gasteiger partial charge in [0.15, 0.2) is 11.5 Å². The molecule has 7 heteroatoms. The summed E-state index contributed by atoms with van der Waals surface area (Å²) in [5.74, 6) is 1.04. The van der Waals surface area contributed by atoms with Crippen LogP contribution in [0.3, 0.4) is 0 Å². The Labute approximate surface area is 126 Å². The molecule has 118 valence electrons. The smallest absolute Gasteiger partial charge is 0.240 e. The number of hydrogen-bond acceptors (Lipinski definition) is 5. The van der Waals surface area contributed by atoms with Crippen molar-refractivity contribution >= 4 is 10.0 Å². The SMILES string of the molecule is CCN(CC)C(C)CNS(=O)(=O)c1ccc2c(c1)OCO2. The van der Waals surface area contributed by atoms with Gasteiger partial charge in [-0.15, -0.1) is 0 Å². The molecule has 2 rings (SSSR count). The fourth-order valence-corrected chi connectivity index (χ4v) is 3.47. The molecule has 0 radical (unpaired) electrons. The molecule has 1 aliphatic rings. The van der Waals surface area contributed by atoms with Crippen LogP contribution in [-0.4, -0.2) is 45.8 Å². The topological polar surface area (TPSA) is 67.9 Å². The van der Waals surface area contributed by atoms with Crippen molar-refractivity contribution in [2.75, 3.05) is 26.4 Å². The van der Waals surface area contributed by atoms with Crippen molar-refractivity contribution < 1.29 is 17.9 Å². The van der Waals surface area contributed by atoms with Crippen molar-refractivity contribution in [2.24, 2.45) is 0 Å². The Bertz CT molecular complexity index is 585. The number of sulfonamides is 1. The van der Waals surface area contributed by atoms with Gasteiger partial charge in [0.2, 0.25) is 16.8 Å². The van der Waals surface area contributed by atoms with E-state index < -0.39 is 10.0 Å². The van der Waals surface area contributed by atoms with Crippen molar-refractivity contribution in [3.63, 3.8) is 0 Å². The Morgan fingerprint density at radius 3 is 2.57 bits per heavy atom. The lowest BCUT2D eigenvalue weighted by Gasteiger charge is -2.26. The van der Waals surface area contributed by atoms with Crippen LogP contribution in [0.25, 0.3) is 0 Å². The second-order valence-electron chi connectivity index (χ2n) is 4.94. The Hall–Kier alpha value is -1.31. The summed E-state index contributed by atoms with van der Waals surface area (Å²) in [5.41, 5.74) is 0. The highest BCUT2D eigenvalue weighted by Crippen LogP contribution is 2.33. The van der Waals surface area contributed by atoms with Gasteiger partial charge in [-0.1, -0.05) is 13.8 Å². The molecular formula is C14H22N2O4S. The largest absolute Gasteiger partial charge is 0.454 e. The quantitative estimate of drug-likeness (QED) is 0.824. The molecule has 1 heterocycles. The normalized spacial score (nSPS) is 15.4. The molecule has 1 aromatic rings. The van der Waals surface area contributed by atoms with Crippen molar-refractivity contribution in [3.8, 4) is 11.5 Å². The molecule has 1 aliphatic heterocycles. The second kappa shape index (κ2) is 6.64. The number of ether oxygens (including phenoxy) is 2.